The molecule has 0 bridgehead atoms. The quantitative estimate of drug-likeness (QED) is 0.910. The van der Waals surface area contributed by atoms with Gasteiger partial charge in [0.15, 0.2) is 0 Å². The molecule has 1 N–H and O–H groups in total. The normalized spacial score (nSPS) is 25.8. The molecule has 2 nitrogen and oxygen atoms in total. The fraction of sp³-hybridized carbons (Fsp3) is 0.684. The van der Waals surface area contributed by atoms with Crippen molar-refractivity contribution in [3.63, 3.8) is 0 Å². The largest absolute Gasteiger partial charge is 0.308 e. The van der Waals surface area contributed by atoms with Crippen LogP contribution in [-0.4, -0.2) is 29.6 Å². The lowest BCUT2D eigenvalue weighted by atomic mass is 9.88. The minimum Gasteiger partial charge on any atom is -0.308 e. The molecule has 0 aromatic heterocycles. The minimum absolute atomic E-state index is 0.411. The van der Waals surface area contributed by atoms with Crippen LogP contribution in [0, 0.1) is 12.8 Å². The summed E-state index contributed by atoms with van der Waals surface area (Å²) in [6.45, 7) is 10.5. The van der Waals surface area contributed by atoms with E-state index in [9.17, 15) is 0 Å². The third-order valence-electron chi connectivity index (χ3n) is 5.63. The number of nitrogens with one attached hydrogen (secondary N) is 1. The topological polar surface area (TPSA) is 15.3 Å². The average molecular weight is 286 g/mol. The Morgan fingerprint density at radius 3 is 2.62 bits per heavy atom. The van der Waals surface area contributed by atoms with E-state index in [0.29, 0.717) is 17.5 Å². The van der Waals surface area contributed by atoms with Crippen molar-refractivity contribution in [1.29, 1.82) is 0 Å². The molecule has 1 aliphatic heterocycles. The lowest BCUT2D eigenvalue weighted by Crippen LogP contribution is -2.64. The molecule has 1 unspecified atom stereocenters. The SMILES string of the molecule is Cc1ccccc1CN1CC2(CCCC2)NCC1C(C)C. The van der Waals surface area contributed by atoms with Gasteiger partial charge in [-0.25, -0.2) is 0 Å². The van der Waals surface area contributed by atoms with Crippen LogP contribution in [0.15, 0.2) is 24.3 Å². The number of rotatable bonds is 3. The Kier molecular flexibility index (Phi) is 4.37. The lowest BCUT2D eigenvalue weighted by Gasteiger charge is -2.48. The van der Waals surface area contributed by atoms with Crippen LogP contribution >= 0.6 is 0 Å². The van der Waals surface area contributed by atoms with Gasteiger partial charge in [-0.3, -0.25) is 4.90 Å². The number of nitrogens with zero attached hydrogens (tertiary/aromatic N) is 1. The van der Waals surface area contributed by atoms with Gasteiger partial charge in [0.2, 0.25) is 0 Å². The summed E-state index contributed by atoms with van der Waals surface area (Å²) in [7, 11) is 0. The smallest absolute Gasteiger partial charge is 0.0309 e. The Balaban J connectivity index is 1.79. The van der Waals surface area contributed by atoms with Gasteiger partial charge in [0, 0.05) is 31.2 Å². The molecule has 1 heterocycles. The van der Waals surface area contributed by atoms with Crippen LogP contribution in [0.5, 0.6) is 0 Å². The van der Waals surface area contributed by atoms with E-state index in [1.54, 1.807) is 0 Å². The molecule has 0 radical (unpaired) electrons. The monoisotopic (exact) mass is 286 g/mol. The van der Waals surface area contributed by atoms with Crippen LogP contribution in [0.2, 0.25) is 0 Å². The summed E-state index contributed by atoms with van der Waals surface area (Å²) < 4.78 is 0. The van der Waals surface area contributed by atoms with Crippen molar-refractivity contribution in [2.45, 2.75) is 64.6 Å². The van der Waals surface area contributed by atoms with Gasteiger partial charge in [-0.05, 0) is 36.8 Å². The molecule has 1 aromatic carbocycles. The molecule has 1 aliphatic carbocycles. The van der Waals surface area contributed by atoms with E-state index in [-0.39, 0.29) is 0 Å². The molecule has 1 saturated heterocycles. The summed E-state index contributed by atoms with van der Waals surface area (Å²) >= 11 is 0. The van der Waals surface area contributed by atoms with Crippen molar-refractivity contribution in [2.24, 2.45) is 5.92 Å². The highest BCUT2D eigenvalue weighted by atomic mass is 15.3. The van der Waals surface area contributed by atoms with Crippen molar-refractivity contribution in [3.05, 3.63) is 35.4 Å². The second-order valence-corrected chi connectivity index (χ2v) is 7.51. The Labute approximate surface area is 129 Å². The molecule has 1 aromatic rings. The number of benzene rings is 1. The van der Waals surface area contributed by atoms with Crippen molar-refractivity contribution < 1.29 is 0 Å². The third-order valence-corrected chi connectivity index (χ3v) is 5.63. The fourth-order valence-corrected chi connectivity index (χ4v) is 4.24. The van der Waals surface area contributed by atoms with E-state index >= 15 is 0 Å². The molecule has 1 atom stereocenters. The van der Waals surface area contributed by atoms with E-state index in [0.717, 1.165) is 13.1 Å². The number of hydrogen-bond donors (Lipinski definition) is 1. The van der Waals surface area contributed by atoms with Crippen molar-refractivity contribution >= 4 is 0 Å². The maximum absolute atomic E-state index is 3.91. The number of aryl methyl sites for hydroxylation is 1. The first-order valence-corrected chi connectivity index (χ1v) is 8.63. The molecule has 2 fully saturated rings. The maximum Gasteiger partial charge on any atom is 0.0309 e. The Morgan fingerprint density at radius 1 is 1.24 bits per heavy atom. The van der Waals surface area contributed by atoms with Gasteiger partial charge in [0.25, 0.3) is 0 Å². The molecule has 1 spiro atoms. The average Bonchev–Trinajstić information content (AvgIpc) is 2.89. The van der Waals surface area contributed by atoms with Crippen LogP contribution < -0.4 is 5.32 Å². The van der Waals surface area contributed by atoms with Gasteiger partial charge in [0.1, 0.15) is 0 Å². The van der Waals surface area contributed by atoms with Crippen LogP contribution in [-0.2, 0) is 6.54 Å². The van der Waals surface area contributed by atoms with E-state index in [4.69, 9.17) is 0 Å². The predicted octanol–water partition coefficient (Wildman–Crippen LogP) is 3.74. The van der Waals surface area contributed by atoms with Crippen LogP contribution in [0.4, 0.5) is 0 Å². The van der Waals surface area contributed by atoms with E-state index in [1.165, 1.54) is 43.4 Å². The minimum atomic E-state index is 0.411. The molecule has 116 valence electrons. The molecular formula is C19H30N2. The molecule has 1 saturated carbocycles. The van der Waals surface area contributed by atoms with Crippen molar-refractivity contribution in [1.82, 2.24) is 10.2 Å². The second kappa shape index (κ2) is 6.10. The number of piperazine rings is 1. The van der Waals surface area contributed by atoms with E-state index in [2.05, 4.69) is 55.3 Å². The highest BCUT2D eigenvalue weighted by Gasteiger charge is 2.41. The predicted molar refractivity (Wildman–Crippen MR) is 89.4 cm³/mol. The van der Waals surface area contributed by atoms with Crippen LogP contribution in [0.1, 0.15) is 50.7 Å². The summed E-state index contributed by atoms with van der Waals surface area (Å²) in [5.74, 6) is 0.709. The molecule has 0 amide bonds. The third kappa shape index (κ3) is 3.17. The van der Waals surface area contributed by atoms with Gasteiger partial charge in [-0.2, -0.15) is 0 Å². The first-order chi connectivity index (χ1) is 10.1. The first-order valence-electron chi connectivity index (χ1n) is 8.63. The molecule has 2 aliphatic rings. The van der Waals surface area contributed by atoms with Crippen LogP contribution in [0.3, 0.4) is 0 Å². The zero-order chi connectivity index (χ0) is 14.9. The molecular weight excluding hydrogens is 256 g/mol. The van der Waals surface area contributed by atoms with Crippen molar-refractivity contribution in [3.8, 4) is 0 Å². The van der Waals surface area contributed by atoms with Gasteiger partial charge >= 0.3 is 0 Å². The lowest BCUT2D eigenvalue weighted by molar-refractivity contribution is 0.0505. The second-order valence-electron chi connectivity index (χ2n) is 7.51. The van der Waals surface area contributed by atoms with E-state index in [1.807, 2.05) is 0 Å². The summed E-state index contributed by atoms with van der Waals surface area (Å²) in [6.07, 6.45) is 5.53. The molecule has 21 heavy (non-hydrogen) atoms. The molecule has 2 heteroatoms. The van der Waals surface area contributed by atoms with Crippen molar-refractivity contribution in [2.75, 3.05) is 13.1 Å². The summed E-state index contributed by atoms with van der Waals surface area (Å²) in [5.41, 5.74) is 3.34. The number of hydrogen-bond acceptors (Lipinski definition) is 2. The zero-order valence-electron chi connectivity index (χ0n) is 13.9. The van der Waals surface area contributed by atoms with Crippen LogP contribution in [0.25, 0.3) is 0 Å². The summed E-state index contributed by atoms with van der Waals surface area (Å²) in [6, 6.07) is 9.54. The Morgan fingerprint density at radius 2 is 1.95 bits per heavy atom. The first kappa shape index (κ1) is 15.1. The highest BCUT2D eigenvalue weighted by Crippen LogP contribution is 2.35. The maximum atomic E-state index is 3.91. The highest BCUT2D eigenvalue weighted by molar-refractivity contribution is 5.25. The van der Waals surface area contributed by atoms with Gasteiger partial charge < -0.3 is 5.32 Å². The Bertz CT molecular complexity index is 474. The van der Waals surface area contributed by atoms with E-state index < -0.39 is 0 Å². The fourth-order valence-electron chi connectivity index (χ4n) is 4.24. The van der Waals surface area contributed by atoms with Gasteiger partial charge in [-0.1, -0.05) is 51.0 Å². The standard InChI is InChI=1S/C19H30N2/c1-15(2)18-12-20-19(10-6-7-11-19)14-21(18)13-17-9-5-4-8-16(17)3/h4-5,8-9,15,18,20H,6-7,10-14H2,1-3H3. The summed E-state index contributed by atoms with van der Waals surface area (Å²) in [4.78, 5) is 2.76. The van der Waals surface area contributed by atoms with Gasteiger partial charge in [0.05, 0.1) is 0 Å². The Hall–Kier alpha value is -0.860. The zero-order valence-corrected chi connectivity index (χ0v) is 13.9. The van der Waals surface area contributed by atoms with Gasteiger partial charge in [-0.15, -0.1) is 0 Å². The molecule has 3 rings (SSSR count). The summed E-state index contributed by atoms with van der Waals surface area (Å²) in [5, 5.41) is 3.91.